The van der Waals surface area contributed by atoms with Crippen molar-refractivity contribution in [3.8, 4) is 0 Å². The molecule has 0 bridgehead atoms. The van der Waals surface area contributed by atoms with Gasteiger partial charge >= 0.3 is 6.18 Å². The van der Waals surface area contributed by atoms with E-state index in [1.807, 2.05) is 0 Å². The maximum absolute atomic E-state index is 13.3. The third kappa shape index (κ3) is 2.89. The molecule has 1 aliphatic rings. The van der Waals surface area contributed by atoms with E-state index in [0.29, 0.717) is 0 Å². The van der Waals surface area contributed by atoms with Crippen LogP contribution < -0.4 is 4.90 Å². The average molecular weight is 336 g/mol. The fourth-order valence-electron chi connectivity index (χ4n) is 2.75. The predicted octanol–water partition coefficient (Wildman–Crippen LogP) is 3.99. The summed E-state index contributed by atoms with van der Waals surface area (Å²) in [5, 5.41) is 8.00. The van der Waals surface area contributed by atoms with Crippen LogP contribution in [0, 0.1) is 11.2 Å². The van der Waals surface area contributed by atoms with Gasteiger partial charge < -0.3 is 10.3 Å². The zero-order chi connectivity index (χ0) is 17.5. The molecule has 1 fully saturated rings. The summed E-state index contributed by atoms with van der Waals surface area (Å²) in [6.07, 6.45) is -4.53. The number of amides is 1. The van der Waals surface area contributed by atoms with Crippen molar-refractivity contribution in [3.05, 3.63) is 65.5 Å². The minimum absolute atomic E-state index is 0.0245. The first-order chi connectivity index (χ1) is 11.3. The fraction of sp³-hybridized carbons (Fsp3) is 0.176. The summed E-state index contributed by atoms with van der Waals surface area (Å²) in [5.74, 6) is -2.16. The first-order valence-corrected chi connectivity index (χ1v) is 7.09. The molecule has 1 saturated heterocycles. The number of alkyl halides is 3. The van der Waals surface area contributed by atoms with Crippen LogP contribution in [0.5, 0.6) is 0 Å². The van der Waals surface area contributed by atoms with Crippen molar-refractivity contribution in [2.75, 3.05) is 11.4 Å². The van der Waals surface area contributed by atoms with Crippen LogP contribution in [0.3, 0.4) is 0 Å². The van der Waals surface area contributed by atoms with E-state index in [1.54, 1.807) is 0 Å². The van der Waals surface area contributed by atoms with Crippen molar-refractivity contribution >= 4 is 17.3 Å². The van der Waals surface area contributed by atoms with Crippen molar-refractivity contribution in [2.24, 2.45) is 0 Å². The molecule has 2 aromatic rings. The van der Waals surface area contributed by atoms with E-state index in [1.165, 1.54) is 35.2 Å². The lowest BCUT2D eigenvalue weighted by Gasteiger charge is -2.16. The van der Waals surface area contributed by atoms with Gasteiger partial charge in [0.15, 0.2) is 0 Å². The zero-order valence-corrected chi connectivity index (χ0v) is 12.3. The second kappa shape index (κ2) is 5.74. The molecule has 1 aliphatic heterocycles. The monoisotopic (exact) mass is 336 g/mol. The van der Waals surface area contributed by atoms with Crippen LogP contribution in [0.1, 0.15) is 17.0 Å². The van der Waals surface area contributed by atoms with E-state index >= 15 is 0 Å². The van der Waals surface area contributed by atoms with Gasteiger partial charge in [0.1, 0.15) is 11.7 Å². The summed E-state index contributed by atoms with van der Waals surface area (Å²) in [6.45, 7) is -0.0802. The molecule has 2 aromatic carbocycles. The third-order valence-corrected chi connectivity index (χ3v) is 3.86. The van der Waals surface area contributed by atoms with Gasteiger partial charge in [-0.15, -0.1) is 0 Å². The summed E-state index contributed by atoms with van der Waals surface area (Å²) in [7, 11) is 0. The number of anilines is 1. The highest BCUT2D eigenvalue weighted by Gasteiger charge is 2.39. The lowest BCUT2D eigenvalue weighted by Crippen LogP contribution is -2.26. The Morgan fingerprint density at radius 3 is 2.46 bits per heavy atom. The second-order valence-corrected chi connectivity index (χ2v) is 5.49. The predicted molar refractivity (Wildman–Crippen MR) is 80.7 cm³/mol. The van der Waals surface area contributed by atoms with Crippen LogP contribution in [-0.2, 0) is 11.0 Å². The Bertz CT molecular complexity index is 816. The normalized spacial score (nSPS) is 18.3. The molecule has 24 heavy (non-hydrogen) atoms. The third-order valence-electron chi connectivity index (χ3n) is 3.86. The number of nitrogens with zero attached hydrogens (tertiary/aromatic N) is 1. The minimum atomic E-state index is -4.53. The number of halogens is 4. The molecule has 1 N–H and O–H groups in total. The highest BCUT2D eigenvalue weighted by molar-refractivity contribution is 6.22. The van der Waals surface area contributed by atoms with Crippen molar-refractivity contribution in [2.45, 2.75) is 12.1 Å². The molecule has 1 unspecified atom stereocenters. The summed E-state index contributed by atoms with van der Waals surface area (Å²) < 4.78 is 51.9. The molecule has 1 atom stereocenters. The Balaban J connectivity index is 1.96. The first-order valence-electron chi connectivity index (χ1n) is 7.09. The molecule has 0 aliphatic carbocycles. The van der Waals surface area contributed by atoms with Gasteiger partial charge in [0.25, 0.3) is 0 Å². The summed E-state index contributed by atoms with van der Waals surface area (Å²) >= 11 is 0. The Morgan fingerprint density at radius 2 is 1.79 bits per heavy atom. The molecule has 1 heterocycles. The largest absolute Gasteiger partial charge is 0.416 e. The Labute approximate surface area is 135 Å². The second-order valence-electron chi connectivity index (χ2n) is 5.49. The molecule has 1 amide bonds. The van der Waals surface area contributed by atoms with Gasteiger partial charge in [-0.3, -0.25) is 4.79 Å². The summed E-state index contributed by atoms with van der Waals surface area (Å²) in [4.78, 5) is 13.8. The highest BCUT2D eigenvalue weighted by atomic mass is 19.4. The quantitative estimate of drug-likeness (QED) is 0.828. The molecular formula is C17H12F4N2O. The number of hydrogen-bond donors (Lipinski definition) is 1. The van der Waals surface area contributed by atoms with Crippen LogP contribution in [0.15, 0.2) is 48.5 Å². The van der Waals surface area contributed by atoms with Gasteiger partial charge in [-0.2, -0.15) is 13.2 Å². The van der Waals surface area contributed by atoms with E-state index in [-0.39, 0.29) is 23.5 Å². The number of hydrogen-bond acceptors (Lipinski definition) is 2. The smallest absolute Gasteiger partial charge is 0.307 e. The van der Waals surface area contributed by atoms with Crippen LogP contribution in [0.25, 0.3) is 0 Å². The molecular weight excluding hydrogens is 324 g/mol. The number of carbonyl (C=O) groups excluding carboxylic acids is 1. The molecule has 0 radical (unpaired) electrons. The number of nitrogens with one attached hydrogen (secondary N) is 1. The molecule has 3 rings (SSSR count). The maximum atomic E-state index is 13.3. The Kier molecular flexibility index (Phi) is 3.87. The number of carbonyl (C=O) groups is 1. The molecule has 0 aromatic heterocycles. The molecule has 7 heteroatoms. The SMILES string of the molecule is N=C1CN(c2cccc(F)c2)C(=O)C1c1cccc(C(F)(F)F)c1. The van der Waals surface area contributed by atoms with E-state index in [9.17, 15) is 22.4 Å². The highest BCUT2D eigenvalue weighted by Crippen LogP contribution is 2.34. The van der Waals surface area contributed by atoms with Crippen molar-refractivity contribution in [1.29, 1.82) is 5.41 Å². The van der Waals surface area contributed by atoms with Gasteiger partial charge in [-0.05, 0) is 29.8 Å². The van der Waals surface area contributed by atoms with E-state index < -0.39 is 29.4 Å². The number of benzene rings is 2. The van der Waals surface area contributed by atoms with Crippen LogP contribution in [0.4, 0.5) is 23.2 Å². The minimum Gasteiger partial charge on any atom is -0.307 e. The Hall–Kier alpha value is -2.70. The van der Waals surface area contributed by atoms with Gasteiger partial charge in [0.05, 0.1) is 12.1 Å². The topological polar surface area (TPSA) is 44.2 Å². The molecule has 0 saturated carbocycles. The molecule has 0 spiro atoms. The molecule has 124 valence electrons. The van der Waals surface area contributed by atoms with Gasteiger partial charge in [0, 0.05) is 11.4 Å². The summed E-state index contributed by atoms with van der Waals surface area (Å²) in [5.41, 5.74) is -0.508. The van der Waals surface area contributed by atoms with Crippen LogP contribution in [-0.4, -0.2) is 18.2 Å². The van der Waals surface area contributed by atoms with Crippen molar-refractivity contribution in [1.82, 2.24) is 0 Å². The van der Waals surface area contributed by atoms with Gasteiger partial charge in [-0.25, -0.2) is 4.39 Å². The molecule has 3 nitrogen and oxygen atoms in total. The standard InChI is InChI=1S/C17H12F4N2O/c18-12-5-2-6-13(8-12)23-9-14(22)15(16(23)24)10-3-1-4-11(7-10)17(19,20)21/h1-8,15,22H,9H2. The number of rotatable bonds is 2. The van der Waals surface area contributed by atoms with E-state index in [0.717, 1.165) is 18.2 Å². The maximum Gasteiger partial charge on any atom is 0.416 e. The van der Waals surface area contributed by atoms with Crippen LogP contribution >= 0.6 is 0 Å². The first kappa shape index (κ1) is 16.2. The van der Waals surface area contributed by atoms with Gasteiger partial charge in [-0.1, -0.05) is 24.3 Å². The zero-order valence-electron chi connectivity index (χ0n) is 12.3. The lowest BCUT2D eigenvalue weighted by molar-refractivity contribution is -0.137. The Morgan fingerprint density at radius 1 is 1.08 bits per heavy atom. The van der Waals surface area contributed by atoms with Crippen LogP contribution in [0.2, 0.25) is 0 Å². The van der Waals surface area contributed by atoms with Gasteiger partial charge in [0.2, 0.25) is 5.91 Å². The van der Waals surface area contributed by atoms with E-state index in [2.05, 4.69) is 0 Å². The van der Waals surface area contributed by atoms with E-state index in [4.69, 9.17) is 5.41 Å². The summed E-state index contributed by atoms with van der Waals surface area (Å²) in [6, 6.07) is 9.72. The fourth-order valence-corrected chi connectivity index (χ4v) is 2.75. The van der Waals surface area contributed by atoms with Crippen molar-refractivity contribution < 1.29 is 22.4 Å². The lowest BCUT2D eigenvalue weighted by atomic mass is 9.94. The van der Waals surface area contributed by atoms with Crippen molar-refractivity contribution in [3.63, 3.8) is 0 Å². The average Bonchev–Trinajstić information content (AvgIpc) is 2.81.